The number of ether oxygens (including phenoxy) is 2. The predicted molar refractivity (Wildman–Crippen MR) is 75.0 cm³/mol. The Morgan fingerprint density at radius 3 is 2.89 bits per heavy atom. The lowest BCUT2D eigenvalue weighted by Gasteiger charge is -2.63. The lowest BCUT2D eigenvalue weighted by molar-refractivity contribution is -0.166. The highest BCUT2D eigenvalue weighted by Crippen LogP contribution is 2.58. The van der Waals surface area contributed by atoms with Gasteiger partial charge >= 0.3 is 0 Å². The lowest BCUT2D eigenvalue weighted by atomic mass is 9.48. The van der Waals surface area contributed by atoms with Crippen molar-refractivity contribution >= 4 is 0 Å². The molecular formula is C15H28N2O2. The minimum absolute atomic E-state index is 0.0915. The van der Waals surface area contributed by atoms with Gasteiger partial charge in [0.05, 0.1) is 12.2 Å². The Balaban J connectivity index is 1.68. The molecule has 2 heterocycles. The molecule has 3 aliphatic rings. The Labute approximate surface area is 116 Å². The van der Waals surface area contributed by atoms with Gasteiger partial charge in [-0.25, -0.2) is 0 Å². The molecule has 3 rings (SSSR count). The number of piperidine rings is 1. The van der Waals surface area contributed by atoms with E-state index in [1.165, 1.54) is 12.8 Å². The van der Waals surface area contributed by atoms with E-state index in [1.807, 2.05) is 7.11 Å². The molecule has 2 N–H and O–H groups in total. The van der Waals surface area contributed by atoms with Gasteiger partial charge in [0.15, 0.2) is 0 Å². The zero-order chi connectivity index (χ0) is 13.7. The van der Waals surface area contributed by atoms with Crippen molar-refractivity contribution in [2.45, 2.75) is 50.9 Å². The minimum Gasteiger partial charge on any atom is -0.380 e. The van der Waals surface area contributed by atoms with Gasteiger partial charge in [0.1, 0.15) is 0 Å². The maximum absolute atomic E-state index is 6.82. The number of fused-ring (bicyclic) bond motifs is 1. The Hall–Kier alpha value is -0.160. The average molecular weight is 268 g/mol. The van der Waals surface area contributed by atoms with Gasteiger partial charge in [-0.2, -0.15) is 0 Å². The zero-order valence-corrected chi connectivity index (χ0v) is 12.5. The quantitative estimate of drug-likeness (QED) is 0.836. The van der Waals surface area contributed by atoms with E-state index in [1.54, 1.807) is 0 Å². The van der Waals surface area contributed by atoms with Crippen molar-refractivity contribution in [2.24, 2.45) is 17.1 Å². The number of nitrogens with two attached hydrogens (primary N) is 1. The standard InChI is InChI=1S/C15H28N2O2/c1-14(2)13-12(6-8-19-13)15(14,16)10-17-7-4-5-11(9-17)18-3/h11-13H,4-10,16H2,1-3H3. The average Bonchev–Trinajstić information content (AvgIpc) is 2.87. The molecule has 19 heavy (non-hydrogen) atoms. The summed E-state index contributed by atoms with van der Waals surface area (Å²) < 4.78 is 11.4. The van der Waals surface area contributed by atoms with Gasteiger partial charge < -0.3 is 15.2 Å². The van der Waals surface area contributed by atoms with E-state index in [9.17, 15) is 0 Å². The molecule has 0 radical (unpaired) electrons. The first-order chi connectivity index (χ1) is 8.99. The van der Waals surface area contributed by atoms with Gasteiger partial charge in [-0.05, 0) is 25.8 Å². The smallest absolute Gasteiger partial charge is 0.0698 e. The number of hydrogen-bond donors (Lipinski definition) is 1. The molecule has 110 valence electrons. The van der Waals surface area contributed by atoms with Crippen LogP contribution in [0.4, 0.5) is 0 Å². The van der Waals surface area contributed by atoms with Crippen molar-refractivity contribution in [1.82, 2.24) is 4.90 Å². The molecule has 2 aliphatic heterocycles. The lowest BCUT2D eigenvalue weighted by Crippen LogP contribution is -2.78. The fourth-order valence-electron chi connectivity index (χ4n) is 4.52. The molecule has 4 nitrogen and oxygen atoms in total. The van der Waals surface area contributed by atoms with E-state index in [2.05, 4.69) is 18.7 Å². The third-order valence-corrected chi connectivity index (χ3v) is 5.95. The molecule has 0 amide bonds. The largest absolute Gasteiger partial charge is 0.380 e. The molecule has 2 saturated heterocycles. The first-order valence-corrected chi connectivity index (χ1v) is 7.64. The Bertz CT molecular complexity index is 347. The van der Waals surface area contributed by atoms with Crippen LogP contribution in [0, 0.1) is 11.3 Å². The van der Waals surface area contributed by atoms with Crippen LogP contribution < -0.4 is 5.73 Å². The van der Waals surface area contributed by atoms with Crippen LogP contribution in [0.2, 0.25) is 0 Å². The van der Waals surface area contributed by atoms with E-state index in [4.69, 9.17) is 15.2 Å². The van der Waals surface area contributed by atoms with Gasteiger partial charge in [-0.15, -0.1) is 0 Å². The second-order valence-electron chi connectivity index (χ2n) is 7.18. The highest BCUT2D eigenvalue weighted by atomic mass is 16.5. The maximum atomic E-state index is 6.82. The summed E-state index contributed by atoms with van der Waals surface area (Å²) in [6, 6.07) is 0. The van der Waals surface area contributed by atoms with Crippen molar-refractivity contribution < 1.29 is 9.47 Å². The molecule has 1 aliphatic carbocycles. The second kappa shape index (κ2) is 4.69. The van der Waals surface area contributed by atoms with Crippen molar-refractivity contribution in [1.29, 1.82) is 0 Å². The van der Waals surface area contributed by atoms with Crippen LogP contribution in [0.1, 0.15) is 33.1 Å². The molecule has 4 atom stereocenters. The van der Waals surface area contributed by atoms with Crippen molar-refractivity contribution in [3.63, 3.8) is 0 Å². The molecule has 4 unspecified atom stereocenters. The van der Waals surface area contributed by atoms with E-state index >= 15 is 0 Å². The molecule has 0 spiro atoms. The van der Waals surface area contributed by atoms with Crippen LogP contribution >= 0.6 is 0 Å². The monoisotopic (exact) mass is 268 g/mol. The Morgan fingerprint density at radius 1 is 1.37 bits per heavy atom. The van der Waals surface area contributed by atoms with Gasteiger partial charge in [0.2, 0.25) is 0 Å². The zero-order valence-electron chi connectivity index (χ0n) is 12.5. The van der Waals surface area contributed by atoms with Crippen molar-refractivity contribution in [3.05, 3.63) is 0 Å². The maximum Gasteiger partial charge on any atom is 0.0698 e. The van der Waals surface area contributed by atoms with E-state index < -0.39 is 0 Å². The molecule has 0 aromatic carbocycles. The fourth-order valence-corrected chi connectivity index (χ4v) is 4.52. The highest BCUT2D eigenvalue weighted by molar-refractivity contribution is 5.21. The molecule has 3 fully saturated rings. The molecule has 0 aromatic rings. The SMILES string of the molecule is COC1CCCN(CC2(N)C3CCOC3C2(C)C)C1. The van der Waals surface area contributed by atoms with E-state index in [0.29, 0.717) is 18.1 Å². The van der Waals surface area contributed by atoms with Crippen LogP contribution in [0.15, 0.2) is 0 Å². The first kappa shape index (κ1) is 13.8. The molecule has 4 heteroatoms. The summed E-state index contributed by atoms with van der Waals surface area (Å²) >= 11 is 0. The highest BCUT2D eigenvalue weighted by Gasteiger charge is 2.67. The van der Waals surface area contributed by atoms with Gasteiger partial charge in [0.25, 0.3) is 0 Å². The number of nitrogens with zero attached hydrogens (tertiary/aromatic N) is 1. The fraction of sp³-hybridized carbons (Fsp3) is 1.00. The molecule has 0 bridgehead atoms. The van der Waals surface area contributed by atoms with E-state index in [0.717, 1.165) is 32.7 Å². The third-order valence-electron chi connectivity index (χ3n) is 5.95. The van der Waals surface area contributed by atoms with Crippen LogP contribution in [0.5, 0.6) is 0 Å². The summed E-state index contributed by atoms with van der Waals surface area (Å²) in [5.74, 6) is 0.547. The van der Waals surface area contributed by atoms with E-state index in [-0.39, 0.29) is 11.0 Å². The van der Waals surface area contributed by atoms with Gasteiger partial charge in [-0.3, -0.25) is 4.90 Å². The van der Waals surface area contributed by atoms with Crippen molar-refractivity contribution in [2.75, 3.05) is 33.4 Å². The number of hydrogen-bond acceptors (Lipinski definition) is 4. The van der Waals surface area contributed by atoms with Crippen molar-refractivity contribution in [3.8, 4) is 0 Å². The predicted octanol–water partition coefficient (Wildman–Crippen LogP) is 1.24. The molecular weight excluding hydrogens is 240 g/mol. The summed E-state index contributed by atoms with van der Waals surface area (Å²) in [6.45, 7) is 8.62. The molecule has 0 aromatic heterocycles. The number of methoxy groups -OCH3 is 1. The normalized spacial score (nSPS) is 45.8. The Kier molecular flexibility index (Phi) is 3.41. The van der Waals surface area contributed by atoms with Crippen LogP contribution in [-0.4, -0.2) is 56.0 Å². The minimum atomic E-state index is -0.0935. The van der Waals surface area contributed by atoms with Crippen LogP contribution in [0.25, 0.3) is 0 Å². The summed E-state index contributed by atoms with van der Waals surface area (Å²) in [7, 11) is 1.82. The summed E-state index contributed by atoms with van der Waals surface area (Å²) in [6.07, 6.45) is 4.30. The third kappa shape index (κ3) is 1.96. The second-order valence-corrected chi connectivity index (χ2v) is 7.18. The first-order valence-electron chi connectivity index (χ1n) is 7.64. The Morgan fingerprint density at radius 2 is 2.16 bits per heavy atom. The summed E-state index contributed by atoms with van der Waals surface area (Å²) in [5.41, 5.74) is 6.82. The van der Waals surface area contributed by atoms with Crippen LogP contribution in [0.3, 0.4) is 0 Å². The number of likely N-dealkylation sites (tertiary alicyclic amines) is 1. The van der Waals surface area contributed by atoms with Gasteiger partial charge in [0, 0.05) is 43.7 Å². The molecule has 1 saturated carbocycles. The number of rotatable bonds is 3. The van der Waals surface area contributed by atoms with Crippen LogP contribution in [-0.2, 0) is 9.47 Å². The topological polar surface area (TPSA) is 47.7 Å². The van der Waals surface area contributed by atoms with Gasteiger partial charge in [-0.1, -0.05) is 13.8 Å². The summed E-state index contributed by atoms with van der Waals surface area (Å²) in [4.78, 5) is 2.51. The summed E-state index contributed by atoms with van der Waals surface area (Å²) in [5, 5.41) is 0.